The summed E-state index contributed by atoms with van der Waals surface area (Å²) in [7, 11) is 0. The third-order valence-electron chi connectivity index (χ3n) is 4.36. The zero-order valence-electron chi connectivity index (χ0n) is 15.0. The summed E-state index contributed by atoms with van der Waals surface area (Å²) in [4.78, 5) is 22.8. The third kappa shape index (κ3) is 3.96. The van der Waals surface area contributed by atoms with Gasteiger partial charge in [-0.2, -0.15) is 0 Å². The van der Waals surface area contributed by atoms with E-state index in [2.05, 4.69) is 54.3 Å². The molecule has 1 fully saturated rings. The van der Waals surface area contributed by atoms with Crippen LogP contribution >= 0.6 is 0 Å². The molecule has 6 heteroatoms. The van der Waals surface area contributed by atoms with Crippen molar-refractivity contribution in [2.24, 2.45) is 0 Å². The molecule has 1 amide bonds. The molecule has 2 aromatic rings. The zero-order valence-corrected chi connectivity index (χ0v) is 15.0. The highest BCUT2D eigenvalue weighted by Gasteiger charge is 2.20. The molecular weight excluding hydrogens is 316 g/mol. The number of carbonyl (C=O) groups is 1. The summed E-state index contributed by atoms with van der Waals surface area (Å²) in [6, 6.07) is 7.95. The molecule has 1 aromatic carbocycles. The molecule has 1 N–H and O–H groups in total. The van der Waals surface area contributed by atoms with Gasteiger partial charge in [0.2, 0.25) is 0 Å². The van der Waals surface area contributed by atoms with Crippen LogP contribution in [0.25, 0.3) is 0 Å². The van der Waals surface area contributed by atoms with Crippen LogP contribution in [0.5, 0.6) is 0 Å². The lowest BCUT2D eigenvalue weighted by Crippen LogP contribution is -2.41. The first-order valence-corrected chi connectivity index (χ1v) is 8.62. The molecule has 25 heavy (non-hydrogen) atoms. The fourth-order valence-electron chi connectivity index (χ4n) is 2.94. The fourth-order valence-corrected chi connectivity index (χ4v) is 2.94. The second-order valence-corrected chi connectivity index (χ2v) is 6.51. The molecule has 6 nitrogen and oxygen atoms in total. The number of rotatable bonds is 4. The van der Waals surface area contributed by atoms with Crippen LogP contribution in [0, 0.1) is 6.92 Å². The number of amides is 1. The van der Waals surface area contributed by atoms with Gasteiger partial charge in [-0.25, -0.2) is 9.97 Å². The van der Waals surface area contributed by atoms with Crippen molar-refractivity contribution in [2.75, 3.05) is 31.6 Å². The predicted octanol–water partition coefficient (Wildman–Crippen LogP) is 3.12. The van der Waals surface area contributed by atoms with Crippen LogP contribution < -0.4 is 5.32 Å². The summed E-state index contributed by atoms with van der Waals surface area (Å²) in [6.07, 6.45) is 1.43. The number of para-hydroxylation sites is 1. The topological polar surface area (TPSA) is 67.4 Å². The van der Waals surface area contributed by atoms with Crippen LogP contribution in [0.1, 0.15) is 41.4 Å². The lowest BCUT2D eigenvalue weighted by atomic mass is 9.98. The number of aryl methyl sites for hydroxylation is 1. The number of nitrogens with one attached hydrogen (secondary N) is 1. The molecule has 1 aliphatic heterocycles. The number of carbonyl (C=O) groups excluding carboxylic acids is 1. The molecule has 0 atom stereocenters. The number of hydrogen-bond acceptors (Lipinski definition) is 5. The summed E-state index contributed by atoms with van der Waals surface area (Å²) in [5.74, 6) is 0.934. The standard InChI is InChI=1S/C19H24N4O2/c1-13(2)15-6-4-5-14(3)18(15)22-17-11-16(20-12-21-17)19(24)23-7-9-25-10-8-23/h4-6,11-13H,7-10H2,1-3H3,(H,20,21,22). The Balaban J connectivity index is 1.84. The van der Waals surface area contributed by atoms with Gasteiger partial charge in [0.15, 0.2) is 0 Å². The zero-order chi connectivity index (χ0) is 17.8. The van der Waals surface area contributed by atoms with Crippen molar-refractivity contribution in [3.05, 3.63) is 47.4 Å². The van der Waals surface area contributed by atoms with E-state index in [9.17, 15) is 4.79 Å². The minimum absolute atomic E-state index is 0.0809. The van der Waals surface area contributed by atoms with Gasteiger partial charge >= 0.3 is 0 Å². The average Bonchev–Trinajstić information content (AvgIpc) is 2.63. The van der Waals surface area contributed by atoms with E-state index >= 15 is 0 Å². The molecule has 1 aliphatic rings. The van der Waals surface area contributed by atoms with Gasteiger partial charge < -0.3 is 15.0 Å². The quantitative estimate of drug-likeness (QED) is 0.926. The SMILES string of the molecule is Cc1cccc(C(C)C)c1Nc1cc(C(=O)N2CCOCC2)ncn1. The number of morpholine rings is 1. The Hall–Kier alpha value is -2.47. The van der Waals surface area contributed by atoms with E-state index in [4.69, 9.17) is 4.74 Å². The molecular formula is C19H24N4O2. The van der Waals surface area contributed by atoms with Gasteiger partial charge in [-0.3, -0.25) is 4.79 Å². The van der Waals surface area contributed by atoms with E-state index in [1.807, 2.05) is 0 Å². The second-order valence-electron chi connectivity index (χ2n) is 6.51. The molecule has 0 aliphatic carbocycles. The van der Waals surface area contributed by atoms with E-state index in [0.29, 0.717) is 43.7 Å². The summed E-state index contributed by atoms with van der Waals surface area (Å²) >= 11 is 0. The van der Waals surface area contributed by atoms with Crippen molar-refractivity contribution in [1.82, 2.24) is 14.9 Å². The number of benzene rings is 1. The molecule has 1 aromatic heterocycles. The Morgan fingerprint density at radius 2 is 2.00 bits per heavy atom. The van der Waals surface area contributed by atoms with Crippen LogP contribution in [-0.4, -0.2) is 47.1 Å². The van der Waals surface area contributed by atoms with Crippen LogP contribution in [0.4, 0.5) is 11.5 Å². The molecule has 0 saturated carbocycles. The maximum absolute atomic E-state index is 12.6. The normalized spacial score (nSPS) is 14.6. The molecule has 0 bridgehead atoms. The molecule has 3 rings (SSSR count). The van der Waals surface area contributed by atoms with Crippen LogP contribution in [-0.2, 0) is 4.74 Å². The number of ether oxygens (including phenoxy) is 1. The van der Waals surface area contributed by atoms with Crippen molar-refractivity contribution >= 4 is 17.4 Å². The number of nitrogens with zero attached hydrogens (tertiary/aromatic N) is 3. The average molecular weight is 340 g/mol. The lowest BCUT2D eigenvalue weighted by Gasteiger charge is -2.26. The van der Waals surface area contributed by atoms with Crippen molar-refractivity contribution in [3.63, 3.8) is 0 Å². The summed E-state index contributed by atoms with van der Waals surface area (Å²) in [6.45, 7) is 8.73. The van der Waals surface area contributed by atoms with Crippen molar-refractivity contribution in [3.8, 4) is 0 Å². The maximum atomic E-state index is 12.6. The molecule has 2 heterocycles. The highest BCUT2D eigenvalue weighted by Crippen LogP contribution is 2.29. The molecule has 132 valence electrons. The summed E-state index contributed by atoms with van der Waals surface area (Å²) < 4.78 is 5.30. The fraction of sp³-hybridized carbons (Fsp3) is 0.421. The second kappa shape index (κ2) is 7.61. The summed E-state index contributed by atoms with van der Waals surface area (Å²) in [5, 5.41) is 3.37. The first-order chi connectivity index (χ1) is 12.1. The Kier molecular flexibility index (Phi) is 5.28. The number of anilines is 2. The summed E-state index contributed by atoms with van der Waals surface area (Å²) in [5.41, 5.74) is 3.81. The van der Waals surface area contributed by atoms with E-state index in [0.717, 1.165) is 11.3 Å². The van der Waals surface area contributed by atoms with E-state index in [1.165, 1.54) is 11.9 Å². The van der Waals surface area contributed by atoms with Gasteiger partial charge in [-0.05, 0) is 24.0 Å². The minimum Gasteiger partial charge on any atom is -0.378 e. The highest BCUT2D eigenvalue weighted by atomic mass is 16.5. The van der Waals surface area contributed by atoms with Crippen molar-refractivity contribution < 1.29 is 9.53 Å². The smallest absolute Gasteiger partial charge is 0.272 e. The Morgan fingerprint density at radius 3 is 2.72 bits per heavy atom. The first kappa shape index (κ1) is 17.4. The van der Waals surface area contributed by atoms with E-state index in [-0.39, 0.29) is 5.91 Å². The Labute approximate surface area is 148 Å². The highest BCUT2D eigenvalue weighted by molar-refractivity contribution is 5.93. The van der Waals surface area contributed by atoms with Crippen molar-refractivity contribution in [2.45, 2.75) is 26.7 Å². The van der Waals surface area contributed by atoms with Gasteiger partial charge in [-0.1, -0.05) is 32.0 Å². The maximum Gasteiger partial charge on any atom is 0.272 e. The van der Waals surface area contributed by atoms with Gasteiger partial charge in [-0.15, -0.1) is 0 Å². The van der Waals surface area contributed by atoms with Gasteiger partial charge in [0.25, 0.3) is 5.91 Å². The van der Waals surface area contributed by atoms with Crippen molar-refractivity contribution in [1.29, 1.82) is 0 Å². The molecule has 1 saturated heterocycles. The van der Waals surface area contributed by atoms with Crippen LogP contribution in [0.15, 0.2) is 30.6 Å². The Morgan fingerprint density at radius 1 is 1.24 bits per heavy atom. The predicted molar refractivity (Wildman–Crippen MR) is 97.3 cm³/mol. The van der Waals surface area contributed by atoms with Crippen LogP contribution in [0.3, 0.4) is 0 Å². The van der Waals surface area contributed by atoms with Gasteiger partial charge in [0.05, 0.1) is 13.2 Å². The first-order valence-electron chi connectivity index (χ1n) is 8.62. The molecule has 0 radical (unpaired) electrons. The van der Waals surface area contributed by atoms with Gasteiger partial charge in [0, 0.05) is 24.8 Å². The van der Waals surface area contributed by atoms with E-state index in [1.54, 1.807) is 11.0 Å². The Bertz CT molecular complexity index is 755. The molecule has 0 spiro atoms. The molecule has 0 unspecified atom stereocenters. The monoisotopic (exact) mass is 340 g/mol. The third-order valence-corrected chi connectivity index (χ3v) is 4.36. The lowest BCUT2D eigenvalue weighted by molar-refractivity contribution is 0.0299. The number of hydrogen-bond donors (Lipinski definition) is 1. The minimum atomic E-state index is -0.0809. The largest absolute Gasteiger partial charge is 0.378 e. The van der Waals surface area contributed by atoms with Gasteiger partial charge in [0.1, 0.15) is 17.8 Å². The number of aromatic nitrogens is 2. The van der Waals surface area contributed by atoms with Crippen LogP contribution in [0.2, 0.25) is 0 Å². The van der Waals surface area contributed by atoms with E-state index < -0.39 is 0 Å².